The predicted molar refractivity (Wildman–Crippen MR) is 188 cm³/mol. The number of halogens is 2. The molecule has 14 heteroatoms. The highest BCUT2D eigenvalue weighted by Crippen LogP contribution is 2.38. The average molecular weight is 712 g/mol. The summed E-state index contributed by atoms with van der Waals surface area (Å²) in [5.41, 5.74) is 2.69. The van der Waals surface area contributed by atoms with Gasteiger partial charge in [0.25, 0.3) is 0 Å². The third-order valence-electron chi connectivity index (χ3n) is 10.1. The fourth-order valence-corrected chi connectivity index (χ4v) is 7.30. The third-order valence-corrected chi connectivity index (χ3v) is 10.1. The van der Waals surface area contributed by atoms with Crippen molar-refractivity contribution in [3.63, 3.8) is 0 Å². The highest BCUT2D eigenvalue weighted by molar-refractivity contribution is 5.83. The molecule has 2 aliphatic heterocycles. The smallest absolute Gasteiger partial charge is 0.351 e. The molecule has 2 saturated heterocycles. The first-order valence-electron chi connectivity index (χ1n) is 17.6. The first-order chi connectivity index (χ1) is 25.3. The minimum absolute atomic E-state index is 0.0803. The molecule has 3 atom stereocenters. The second-order valence-electron chi connectivity index (χ2n) is 13.4. The number of carbonyl (C=O) groups is 1. The molecule has 8 rings (SSSR count). The highest BCUT2D eigenvalue weighted by atomic mass is 19.1. The molecule has 1 aliphatic carbocycles. The summed E-state index contributed by atoms with van der Waals surface area (Å²) < 4.78 is 51.6. The zero-order chi connectivity index (χ0) is 35.7. The fraction of sp³-hybridized carbons (Fsp3) is 0.368. The topological polar surface area (TPSA) is 109 Å². The van der Waals surface area contributed by atoms with Gasteiger partial charge in [-0.25, -0.2) is 27.8 Å². The lowest BCUT2D eigenvalue weighted by Crippen LogP contribution is -2.46. The maximum absolute atomic E-state index is 14.9. The van der Waals surface area contributed by atoms with Crippen LogP contribution < -0.4 is 20.2 Å². The summed E-state index contributed by atoms with van der Waals surface area (Å²) in [5.74, 6) is -2.13. The third kappa shape index (κ3) is 6.83. The zero-order valence-electron chi connectivity index (χ0n) is 28.5. The Balaban J connectivity index is 0.845. The molecule has 52 heavy (non-hydrogen) atoms. The van der Waals surface area contributed by atoms with Crippen LogP contribution in [0.5, 0.6) is 5.75 Å². The van der Waals surface area contributed by atoms with Crippen LogP contribution >= 0.6 is 0 Å². The van der Waals surface area contributed by atoms with E-state index in [0.717, 1.165) is 56.5 Å². The molecule has 0 spiro atoms. The van der Waals surface area contributed by atoms with Gasteiger partial charge in [0.2, 0.25) is 5.79 Å². The van der Waals surface area contributed by atoms with Gasteiger partial charge in [0.05, 0.1) is 25.2 Å². The predicted octanol–water partition coefficient (Wildman–Crippen LogP) is 4.87. The van der Waals surface area contributed by atoms with Gasteiger partial charge >= 0.3 is 5.69 Å². The lowest BCUT2D eigenvalue weighted by atomic mass is 9.94. The van der Waals surface area contributed by atoms with Crippen molar-refractivity contribution in [2.24, 2.45) is 0 Å². The van der Waals surface area contributed by atoms with E-state index in [-0.39, 0.29) is 36.8 Å². The molecule has 4 heterocycles. The normalized spacial score (nSPS) is 22.2. The largest absolute Gasteiger partial charge is 0.491 e. The Labute approximate surface area is 298 Å². The lowest BCUT2D eigenvalue weighted by molar-refractivity contribution is -0.191. The summed E-state index contributed by atoms with van der Waals surface area (Å²) in [5, 5.41) is 4.27. The van der Waals surface area contributed by atoms with Crippen molar-refractivity contribution in [3.05, 3.63) is 119 Å². The number of Topliss-reactive ketones (excluding diaryl/α,β-unsaturated/α-hetero) is 1. The van der Waals surface area contributed by atoms with Crippen LogP contribution in [0.25, 0.3) is 5.69 Å². The number of hydrogen-bond donors (Lipinski definition) is 0. The summed E-state index contributed by atoms with van der Waals surface area (Å²) in [4.78, 5) is 34.2. The fourth-order valence-electron chi connectivity index (χ4n) is 7.30. The average Bonchev–Trinajstić information content (AvgIpc) is 3.93. The van der Waals surface area contributed by atoms with Crippen molar-refractivity contribution in [1.29, 1.82) is 0 Å². The quantitative estimate of drug-likeness (QED) is 0.201. The maximum Gasteiger partial charge on any atom is 0.351 e. The number of piperazine rings is 1. The van der Waals surface area contributed by atoms with Gasteiger partial charge in [0.15, 0.2) is 5.78 Å². The molecule has 3 aliphatic rings. The number of hydrogen-bond acceptors (Lipinski definition) is 9. The number of nitrogens with zero attached hydrogens (tertiary/aromatic N) is 7. The van der Waals surface area contributed by atoms with Gasteiger partial charge in [-0.05, 0) is 73.5 Å². The van der Waals surface area contributed by atoms with Crippen molar-refractivity contribution in [1.82, 2.24) is 23.9 Å². The van der Waals surface area contributed by atoms with E-state index in [9.17, 15) is 18.4 Å². The van der Waals surface area contributed by atoms with Gasteiger partial charge in [0, 0.05) is 68.0 Å². The number of aromatic nitrogens is 5. The van der Waals surface area contributed by atoms with E-state index in [1.807, 2.05) is 48.5 Å². The van der Waals surface area contributed by atoms with Crippen LogP contribution in [0.1, 0.15) is 37.3 Å². The molecule has 3 unspecified atom stereocenters. The number of benzene rings is 3. The Morgan fingerprint density at radius 2 is 1.58 bits per heavy atom. The SMILES string of the molecule is O=C1CCCCC1n1ncn(-c2ccc(N3CCN(c4ccc(OCC5COC(Cn6ccnc6)(c6ccc(F)cc6F)O5)cc4)CC3)cc2)c1=O. The standard InChI is InChI=1S/C38H39F2N7O5/c39-27-5-14-33(34(40)21-27)38(24-43-16-15-41-25-43)51-23-32(52-38)22-50-31-12-10-29(11-13-31)45-19-17-44(18-20-45)28-6-8-30(9-7-28)46-26-42-47(37(46)49)35-3-1-2-4-36(35)48/h5-16,21,25-26,32,35H,1-4,17-20,22-24H2. The molecule has 12 nitrogen and oxygen atoms in total. The number of imidazole rings is 1. The zero-order valence-corrected chi connectivity index (χ0v) is 28.5. The molecule has 0 amide bonds. The van der Waals surface area contributed by atoms with E-state index in [2.05, 4.69) is 19.9 Å². The monoisotopic (exact) mass is 711 g/mol. The second-order valence-corrected chi connectivity index (χ2v) is 13.4. The lowest BCUT2D eigenvalue weighted by Gasteiger charge is -2.37. The van der Waals surface area contributed by atoms with Crippen LogP contribution in [0.2, 0.25) is 0 Å². The minimum atomic E-state index is -1.46. The highest BCUT2D eigenvalue weighted by Gasteiger charge is 2.46. The van der Waals surface area contributed by atoms with Crippen molar-refractivity contribution in [2.45, 2.75) is 50.2 Å². The van der Waals surface area contributed by atoms with Crippen molar-refractivity contribution >= 4 is 17.2 Å². The molecule has 1 saturated carbocycles. The molecule has 0 bridgehead atoms. The van der Waals surface area contributed by atoms with Crippen molar-refractivity contribution < 1.29 is 27.8 Å². The van der Waals surface area contributed by atoms with Gasteiger partial charge in [-0.1, -0.05) is 6.42 Å². The van der Waals surface area contributed by atoms with Gasteiger partial charge in [-0.3, -0.25) is 4.79 Å². The van der Waals surface area contributed by atoms with Gasteiger partial charge < -0.3 is 28.6 Å². The van der Waals surface area contributed by atoms with Crippen LogP contribution in [-0.4, -0.2) is 75.2 Å². The summed E-state index contributed by atoms with van der Waals surface area (Å²) in [6.07, 6.45) is 8.89. The van der Waals surface area contributed by atoms with Crippen molar-refractivity contribution in [3.8, 4) is 11.4 Å². The van der Waals surface area contributed by atoms with E-state index in [1.165, 1.54) is 27.7 Å². The number of rotatable bonds is 10. The van der Waals surface area contributed by atoms with Crippen LogP contribution in [0.15, 0.2) is 96.6 Å². The van der Waals surface area contributed by atoms with Crippen LogP contribution in [-0.2, 0) is 26.6 Å². The van der Waals surface area contributed by atoms with E-state index >= 15 is 0 Å². The first-order valence-corrected chi connectivity index (χ1v) is 17.6. The number of ketones is 1. The summed E-state index contributed by atoms with van der Waals surface area (Å²) >= 11 is 0. The van der Waals surface area contributed by atoms with E-state index in [4.69, 9.17) is 14.2 Å². The molecule has 270 valence electrons. The molecule has 3 aromatic carbocycles. The van der Waals surface area contributed by atoms with E-state index in [0.29, 0.717) is 24.3 Å². The van der Waals surface area contributed by atoms with Crippen molar-refractivity contribution in [2.75, 3.05) is 49.2 Å². The Bertz CT molecular complexity index is 2060. The van der Waals surface area contributed by atoms with Crippen LogP contribution in [0, 0.1) is 11.6 Å². The number of anilines is 2. The molecule has 3 fully saturated rings. The van der Waals surface area contributed by atoms with E-state index in [1.54, 1.807) is 23.3 Å². The van der Waals surface area contributed by atoms with Crippen LogP contribution in [0.4, 0.5) is 20.2 Å². The Morgan fingerprint density at radius 3 is 2.25 bits per heavy atom. The minimum Gasteiger partial charge on any atom is -0.491 e. The Morgan fingerprint density at radius 1 is 0.865 bits per heavy atom. The molecule has 2 aromatic heterocycles. The van der Waals surface area contributed by atoms with Gasteiger partial charge in [-0.2, -0.15) is 5.10 Å². The maximum atomic E-state index is 14.9. The summed E-state index contributed by atoms with van der Waals surface area (Å²) in [6.45, 7) is 3.80. The summed E-state index contributed by atoms with van der Waals surface area (Å²) in [6, 6.07) is 18.7. The molecular formula is C38H39F2N7O5. The van der Waals surface area contributed by atoms with Gasteiger partial charge in [-0.15, -0.1) is 0 Å². The van der Waals surface area contributed by atoms with E-state index < -0.39 is 29.6 Å². The second kappa shape index (κ2) is 14.4. The number of carbonyl (C=O) groups excluding carboxylic acids is 1. The first kappa shape index (κ1) is 33.8. The summed E-state index contributed by atoms with van der Waals surface area (Å²) in [7, 11) is 0. The Hall–Kier alpha value is -5.34. The van der Waals surface area contributed by atoms with Crippen LogP contribution in [0.3, 0.4) is 0 Å². The molecule has 0 N–H and O–H groups in total. The Kier molecular flexibility index (Phi) is 9.32. The van der Waals surface area contributed by atoms with Gasteiger partial charge in [0.1, 0.15) is 42.5 Å². The molecular weight excluding hydrogens is 672 g/mol. The number of ether oxygens (including phenoxy) is 3. The molecule has 0 radical (unpaired) electrons. The molecule has 5 aromatic rings.